The van der Waals surface area contributed by atoms with Gasteiger partial charge in [-0.3, -0.25) is 14.4 Å². The number of piperidine rings is 1. The summed E-state index contributed by atoms with van der Waals surface area (Å²) in [5, 5.41) is 3.82. The van der Waals surface area contributed by atoms with E-state index in [9.17, 15) is 14.4 Å². The number of ketones is 2. The maximum atomic E-state index is 13.2. The van der Waals surface area contributed by atoms with Gasteiger partial charge in [-0.05, 0) is 69.6 Å². The SMILES string of the molecule is Cc1cc(C)c(C2C(=O)CC(CC3CCN(C(=O)c4cc(C)on4)CC3)C2=O)c(C)c1. The number of nitrogens with zero attached hydrogens (tertiary/aromatic N) is 2. The van der Waals surface area contributed by atoms with Crippen LogP contribution in [0.5, 0.6) is 0 Å². The van der Waals surface area contributed by atoms with E-state index < -0.39 is 5.92 Å². The van der Waals surface area contributed by atoms with Gasteiger partial charge >= 0.3 is 0 Å². The quantitative estimate of drug-likeness (QED) is 0.693. The smallest absolute Gasteiger partial charge is 0.276 e. The van der Waals surface area contributed by atoms with Crippen molar-refractivity contribution in [3.05, 3.63) is 51.9 Å². The van der Waals surface area contributed by atoms with Gasteiger partial charge in [-0.25, -0.2) is 0 Å². The summed E-state index contributed by atoms with van der Waals surface area (Å²) in [6.45, 7) is 9.07. The molecule has 1 aromatic carbocycles. The highest BCUT2D eigenvalue weighted by Gasteiger charge is 2.44. The standard InChI is InChI=1S/C25H30N2O4/c1-14-9-15(2)22(16(3)10-14)23-21(28)13-19(24(23)29)12-18-5-7-27(8-6-18)25(30)20-11-17(4)31-26-20/h9-11,18-19,23H,5-8,12-13H2,1-4H3. The number of hydrogen-bond donors (Lipinski definition) is 0. The Morgan fingerprint density at radius 3 is 2.29 bits per heavy atom. The molecule has 164 valence electrons. The number of hydrogen-bond acceptors (Lipinski definition) is 5. The molecule has 2 heterocycles. The van der Waals surface area contributed by atoms with Gasteiger partial charge in [0.2, 0.25) is 0 Å². The average Bonchev–Trinajstić information content (AvgIpc) is 3.26. The Morgan fingerprint density at radius 1 is 1.06 bits per heavy atom. The molecule has 2 aliphatic rings. The van der Waals surface area contributed by atoms with Crippen LogP contribution < -0.4 is 0 Å². The van der Waals surface area contributed by atoms with Gasteiger partial charge < -0.3 is 9.42 Å². The Kier molecular flexibility index (Phi) is 5.82. The average molecular weight is 423 g/mol. The fraction of sp³-hybridized carbons (Fsp3) is 0.520. The summed E-state index contributed by atoms with van der Waals surface area (Å²) in [6.07, 6.45) is 2.76. The number of aromatic nitrogens is 1. The molecule has 2 atom stereocenters. The molecule has 1 amide bonds. The predicted octanol–water partition coefficient (Wildman–Crippen LogP) is 4.09. The monoisotopic (exact) mass is 422 g/mol. The highest BCUT2D eigenvalue weighted by Crippen LogP contribution is 2.40. The number of amides is 1. The number of aryl methyl sites for hydroxylation is 4. The number of carbonyl (C=O) groups excluding carboxylic acids is 3. The summed E-state index contributed by atoms with van der Waals surface area (Å²) in [6, 6.07) is 5.77. The molecule has 2 aromatic rings. The van der Waals surface area contributed by atoms with Crippen molar-refractivity contribution in [3.63, 3.8) is 0 Å². The molecule has 1 aliphatic carbocycles. The minimum atomic E-state index is -0.609. The Balaban J connectivity index is 1.38. The molecule has 0 N–H and O–H groups in total. The van der Waals surface area contributed by atoms with Crippen LogP contribution >= 0.6 is 0 Å². The van der Waals surface area contributed by atoms with Crippen molar-refractivity contribution in [2.45, 2.75) is 59.3 Å². The van der Waals surface area contributed by atoms with Crippen molar-refractivity contribution in [1.29, 1.82) is 0 Å². The van der Waals surface area contributed by atoms with E-state index in [1.54, 1.807) is 17.9 Å². The van der Waals surface area contributed by atoms with Crippen molar-refractivity contribution in [3.8, 4) is 0 Å². The summed E-state index contributed by atoms with van der Waals surface area (Å²) >= 11 is 0. The van der Waals surface area contributed by atoms with Gasteiger partial charge in [-0.15, -0.1) is 0 Å². The predicted molar refractivity (Wildman–Crippen MR) is 116 cm³/mol. The van der Waals surface area contributed by atoms with Crippen molar-refractivity contribution >= 4 is 17.5 Å². The number of rotatable bonds is 4. The molecule has 0 radical (unpaired) electrons. The summed E-state index contributed by atoms with van der Waals surface area (Å²) in [5.41, 5.74) is 4.46. The lowest BCUT2D eigenvalue weighted by Gasteiger charge is -2.32. The van der Waals surface area contributed by atoms with E-state index in [1.807, 2.05) is 20.8 Å². The van der Waals surface area contributed by atoms with Gasteiger partial charge in [0.1, 0.15) is 17.5 Å². The summed E-state index contributed by atoms with van der Waals surface area (Å²) < 4.78 is 5.01. The van der Waals surface area contributed by atoms with E-state index in [2.05, 4.69) is 17.3 Å². The second-order valence-corrected chi connectivity index (χ2v) is 9.31. The molecule has 1 saturated carbocycles. The van der Waals surface area contributed by atoms with Crippen molar-refractivity contribution in [1.82, 2.24) is 10.1 Å². The third-order valence-electron chi connectivity index (χ3n) is 6.85. The van der Waals surface area contributed by atoms with Crippen LogP contribution in [0.25, 0.3) is 0 Å². The molecule has 31 heavy (non-hydrogen) atoms. The van der Waals surface area contributed by atoms with Crippen molar-refractivity contribution < 1.29 is 18.9 Å². The minimum absolute atomic E-state index is 0.0547. The van der Waals surface area contributed by atoms with Gasteiger partial charge in [-0.1, -0.05) is 22.9 Å². The molecule has 0 spiro atoms. The first-order valence-electron chi connectivity index (χ1n) is 11.1. The van der Waals surface area contributed by atoms with Crippen LogP contribution in [0.4, 0.5) is 0 Å². The van der Waals surface area contributed by atoms with E-state index in [1.165, 1.54) is 0 Å². The molecule has 1 saturated heterocycles. The van der Waals surface area contributed by atoms with Gasteiger partial charge in [-0.2, -0.15) is 0 Å². The fourth-order valence-corrected chi connectivity index (χ4v) is 5.41. The topological polar surface area (TPSA) is 80.5 Å². The molecular formula is C25H30N2O4. The molecule has 0 bridgehead atoms. The molecule has 2 unspecified atom stereocenters. The van der Waals surface area contributed by atoms with Crippen LogP contribution in [0.3, 0.4) is 0 Å². The first-order chi connectivity index (χ1) is 14.7. The lowest BCUT2D eigenvalue weighted by molar-refractivity contribution is -0.125. The summed E-state index contributed by atoms with van der Waals surface area (Å²) in [7, 11) is 0. The Bertz CT molecular complexity index is 1010. The summed E-state index contributed by atoms with van der Waals surface area (Å²) in [4.78, 5) is 40.4. The zero-order valence-electron chi connectivity index (χ0n) is 18.7. The number of benzene rings is 1. The van der Waals surface area contributed by atoms with Crippen LogP contribution in [0.1, 0.15) is 70.1 Å². The number of carbonyl (C=O) groups is 3. The first-order valence-corrected chi connectivity index (χ1v) is 11.1. The fourth-order valence-electron chi connectivity index (χ4n) is 5.41. The highest BCUT2D eigenvalue weighted by molar-refractivity contribution is 6.15. The van der Waals surface area contributed by atoms with E-state index in [-0.39, 0.29) is 23.4 Å². The third kappa shape index (κ3) is 4.21. The van der Waals surface area contributed by atoms with Gasteiger partial charge in [0.15, 0.2) is 11.5 Å². The second-order valence-electron chi connectivity index (χ2n) is 9.31. The number of Topliss-reactive ketones (excluding diaryl/α,β-unsaturated/α-hetero) is 2. The lowest BCUT2D eigenvalue weighted by atomic mass is 9.83. The molecule has 2 fully saturated rings. The van der Waals surface area contributed by atoms with E-state index in [0.717, 1.165) is 41.5 Å². The molecular weight excluding hydrogens is 392 g/mol. The molecule has 1 aliphatic heterocycles. The van der Waals surface area contributed by atoms with Crippen LogP contribution in [0.2, 0.25) is 0 Å². The molecule has 4 rings (SSSR count). The Hall–Kier alpha value is -2.76. The molecule has 1 aromatic heterocycles. The highest BCUT2D eigenvalue weighted by atomic mass is 16.5. The Morgan fingerprint density at radius 2 is 1.71 bits per heavy atom. The van der Waals surface area contributed by atoms with E-state index >= 15 is 0 Å². The van der Waals surface area contributed by atoms with Crippen LogP contribution in [0.15, 0.2) is 22.7 Å². The lowest BCUT2D eigenvalue weighted by Crippen LogP contribution is -2.39. The van der Waals surface area contributed by atoms with Gasteiger partial charge in [0.05, 0.1) is 0 Å². The third-order valence-corrected chi connectivity index (χ3v) is 6.85. The van der Waals surface area contributed by atoms with E-state index in [0.29, 0.717) is 36.9 Å². The van der Waals surface area contributed by atoms with Gasteiger partial charge in [0.25, 0.3) is 5.91 Å². The summed E-state index contributed by atoms with van der Waals surface area (Å²) in [5.74, 6) is 0.189. The van der Waals surface area contributed by atoms with Crippen LogP contribution in [-0.4, -0.2) is 40.6 Å². The van der Waals surface area contributed by atoms with Gasteiger partial charge in [0, 0.05) is 31.5 Å². The van der Waals surface area contributed by atoms with Crippen molar-refractivity contribution in [2.75, 3.05) is 13.1 Å². The normalized spacial score (nSPS) is 22.4. The van der Waals surface area contributed by atoms with Crippen molar-refractivity contribution in [2.24, 2.45) is 11.8 Å². The second kappa shape index (κ2) is 8.40. The Labute approximate surface area is 183 Å². The largest absolute Gasteiger partial charge is 0.361 e. The number of likely N-dealkylation sites (tertiary alicyclic amines) is 1. The first kappa shape index (κ1) is 21.5. The molecule has 6 heteroatoms. The zero-order chi connectivity index (χ0) is 22.3. The van der Waals surface area contributed by atoms with Crippen LogP contribution in [0, 0.1) is 39.5 Å². The van der Waals surface area contributed by atoms with E-state index in [4.69, 9.17) is 4.52 Å². The maximum absolute atomic E-state index is 13.2. The maximum Gasteiger partial charge on any atom is 0.276 e. The molecule has 6 nitrogen and oxygen atoms in total. The van der Waals surface area contributed by atoms with Crippen LogP contribution in [-0.2, 0) is 9.59 Å². The zero-order valence-corrected chi connectivity index (χ0v) is 18.7. The minimum Gasteiger partial charge on any atom is -0.361 e.